The first-order valence-electron chi connectivity index (χ1n) is 7.51. The zero-order valence-corrected chi connectivity index (χ0v) is 15.3. The number of hydrogen-bond donors (Lipinski definition) is 2. The number of guanidine groups is 1. The smallest absolute Gasteiger partial charge is 0.213 e. The summed E-state index contributed by atoms with van der Waals surface area (Å²) in [5.74, 6) is 1.10. The number of unbranched alkanes of at least 4 members (excludes halogenated alkanes) is 1. The van der Waals surface area contributed by atoms with E-state index in [0.29, 0.717) is 25.0 Å². The number of aliphatic imine (C=N–C) groups is 1. The largest absolute Gasteiger partial charge is 0.472 e. The average Bonchev–Trinajstić information content (AvgIpc) is 2.99. The van der Waals surface area contributed by atoms with Gasteiger partial charge in [0.25, 0.3) is 0 Å². The summed E-state index contributed by atoms with van der Waals surface area (Å²) in [5.41, 5.74) is 6.83. The molecule has 22 heavy (non-hydrogen) atoms. The van der Waals surface area contributed by atoms with Crippen LogP contribution < -0.4 is 15.8 Å². The van der Waals surface area contributed by atoms with Gasteiger partial charge in [-0.2, -0.15) is 0 Å². The first kappa shape index (κ1) is 19.0. The van der Waals surface area contributed by atoms with Gasteiger partial charge in [0.2, 0.25) is 5.88 Å². The fourth-order valence-electron chi connectivity index (χ4n) is 2.02. The van der Waals surface area contributed by atoms with Crippen molar-refractivity contribution in [1.82, 2.24) is 10.3 Å². The van der Waals surface area contributed by atoms with Crippen LogP contribution in [0.15, 0.2) is 23.3 Å². The van der Waals surface area contributed by atoms with Gasteiger partial charge in [0.15, 0.2) is 5.96 Å². The fraction of sp³-hybridized carbons (Fsp3) is 0.600. The molecule has 3 N–H and O–H groups in total. The third-order valence-corrected chi connectivity index (χ3v) is 3.24. The highest BCUT2D eigenvalue weighted by atomic mass is 127. The Kier molecular flexibility index (Phi) is 9.14. The Hall–Kier alpha value is -1.09. The molecule has 2 heterocycles. The lowest BCUT2D eigenvalue weighted by Crippen LogP contribution is -2.32. The van der Waals surface area contributed by atoms with Crippen LogP contribution in [0.1, 0.15) is 31.7 Å². The second-order valence-corrected chi connectivity index (χ2v) is 5.09. The van der Waals surface area contributed by atoms with E-state index in [4.69, 9.17) is 15.2 Å². The molecular weight excluding hydrogens is 395 g/mol. The van der Waals surface area contributed by atoms with E-state index in [0.717, 1.165) is 38.0 Å². The van der Waals surface area contributed by atoms with E-state index in [1.807, 2.05) is 12.1 Å². The standard InChI is InChI=1S/C15H24N4O2.HI/c1-2-3-6-18-15(16)19-10-12-4-7-17-14(9-12)21-13-5-8-20-11-13;/h4,7,9,13H,2-3,5-6,8,10-11H2,1H3,(H3,16,18,19);1H. The van der Waals surface area contributed by atoms with Crippen molar-refractivity contribution in [3.8, 4) is 5.88 Å². The topological polar surface area (TPSA) is 81.8 Å². The predicted octanol–water partition coefficient (Wildman–Crippen LogP) is 2.07. The van der Waals surface area contributed by atoms with Crippen LogP contribution in [0.2, 0.25) is 0 Å². The number of aromatic nitrogens is 1. The van der Waals surface area contributed by atoms with E-state index in [9.17, 15) is 0 Å². The summed E-state index contributed by atoms with van der Waals surface area (Å²) >= 11 is 0. The average molecular weight is 420 g/mol. The van der Waals surface area contributed by atoms with E-state index in [1.54, 1.807) is 6.20 Å². The molecule has 0 aromatic carbocycles. The molecule has 0 radical (unpaired) electrons. The van der Waals surface area contributed by atoms with Crippen molar-refractivity contribution in [1.29, 1.82) is 0 Å². The molecule has 0 spiro atoms. The maximum Gasteiger partial charge on any atom is 0.213 e. The molecule has 1 aromatic rings. The summed E-state index contributed by atoms with van der Waals surface area (Å²) in [6.07, 6.45) is 4.98. The highest BCUT2D eigenvalue weighted by Gasteiger charge is 2.17. The normalized spacial score (nSPS) is 17.9. The molecule has 2 rings (SSSR count). The molecular formula is C15H25IN4O2. The van der Waals surface area contributed by atoms with Gasteiger partial charge in [-0.05, 0) is 18.1 Å². The Morgan fingerprint density at radius 3 is 3.18 bits per heavy atom. The molecule has 1 aliphatic rings. The molecule has 0 bridgehead atoms. The van der Waals surface area contributed by atoms with Crippen molar-refractivity contribution >= 4 is 29.9 Å². The molecule has 7 heteroatoms. The predicted molar refractivity (Wildman–Crippen MR) is 97.7 cm³/mol. The van der Waals surface area contributed by atoms with E-state index in [1.165, 1.54) is 0 Å². The summed E-state index contributed by atoms with van der Waals surface area (Å²) in [6, 6.07) is 3.82. The molecule has 0 saturated carbocycles. The third kappa shape index (κ3) is 6.78. The first-order chi connectivity index (χ1) is 10.3. The van der Waals surface area contributed by atoms with E-state index >= 15 is 0 Å². The minimum absolute atomic E-state index is 0. The van der Waals surface area contributed by atoms with Gasteiger partial charge in [-0.3, -0.25) is 0 Å². The van der Waals surface area contributed by atoms with Crippen LogP contribution in [0.5, 0.6) is 5.88 Å². The van der Waals surface area contributed by atoms with Gasteiger partial charge in [-0.15, -0.1) is 24.0 Å². The molecule has 1 atom stereocenters. The number of hydrogen-bond acceptors (Lipinski definition) is 4. The number of pyridine rings is 1. The fourth-order valence-corrected chi connectivity index (χ4v) is 2.02. The lowest BCUT2D eigenvalue weighted by molar-refractivity contribution is 0.138. The number of rotatable bonds is 7. The van der Waals surface area contributed by atoms with Crippen LogP contribution in [-0.4, -0.2) is 36.8 Å². The van der Waals surface area contributed by atoms with Gasteiger partial charge in [0.05, 0.1) is 19.8 Å². The second kappa shape index (κ2) is 10.6. The van der Waals surface area contributed by atoms with Crippen molar-refractivity contribution in [2.24, 2.45) is 10.7 Å². The van der Waals surface area contributed by atoms with Gasteiger partial charge in [0.1, 0.15) is 6.10 Å². The van der Waals surface area contributed by atoms with Crippen LogP contribution in [0.4, 0.5) is 0 Å². The lowest BCUT2D eigenvalue weighted by atomic mass is 10.2. The molecule has 1 fully saturated rings. The van der Waals surface area contributed by atoms with Crippen LogP contribution in [0.25, 0.3) is 0 Å². The zero-order valence-electron chi connectivity index (χ0n) is 13.0. The van der Waals surface area contributed by atoms with Gasteiger partial charge < -0.3 is 20.5 Å². The quantitative estimate of drug-likeness (QED) is 0.306. The number of nitrogens with one attached hydrogen (secondary N) is 1. The number of halogens is 1. The van der Waals surface area contributed by atoms with Crippen LogP contribution in [0, 0.1) is 0 Å². The molecule has 1 aliphatic heterocycles. The minimum atomic E-state index is 0. The molecule has 1 unspecified atom stereocenters. The van der Waals surface area contributed by atoms with E-state index in [-0.39, 0.29) is 30.1 Å². The summed E-state index contributed by atoms with van der Waals surface area (Å²) in [4.78, 5) is 8.53. The maximum atomic E-state index is 5.81. The Labute approximate surface area is 148 Å². The first-order valence-corrected chi connectivity index (χ1v) is 7.51. The lowest BCUT2D eigenvalue weighted by Gasteiger charge is -2.11. The molecule has 0 aliphatic carbocycles. The third-order valence-electron chi connectivity index (χ3n) is 3.24. The van der Waals surface area contributed by atoms with Crippen LogP contribution >= 0.6 is 24.0 Å². The number of nitrogens with zero attached hydrogens (tertiary/aromatic N) is 2. The van der Waals surface area contributed by atoms with Gasteiger partial charge >= 0.3 is 0 Å². The monoisotopic (exact) mass is 420 g/mol. The van der Waals surface area contributed by atoms with E-state index < -0.39 is 0 Å². The highest BCUT2D eigenvalue weighted by molar-refractivity contribution is 14.0. The van der Waals surface area contributed by atoms with Gasteiger partial charge in [0, 0.05) is 25.2 Å². The van der Waals surface area contributed by atoms with Crippen molar-refractivity contribution in [3.05, 3.63) is 23.9 Å². The SMILES string of the molecule is CCCCNC(N)=NCc1ccnc(OC2CCOC2)c1.I. The van der Waals surface area contributed by atoms with Crippen molar-refractivity contribution in [2.45, 2.75) is 38.8 Å². The zero-order chi connectivity index (χ0) is 14.9. The van der Waals surface area contributed by atoms with E-state index in [2.05, 4.69) is 22.2 Å². The number of ether oxygens (including phenoxy) is 2. The molecule has 124 valence electrons. The van der Waals surface area contributed by atoms with Crippen molar-refractivity contribution < 1.29 is 9.47 Å². The Bertz CT molecular complexity index is 465. The van der Waals surface area contributed by atoms with Gasteiger partial charge in [-0.25, -0.2) is 9.98 Å². The summed E-state index contributed by atoms with van der Waals surface area (Å²) < 4.78 is 11.1. The summed E-state index contributed by atoms with van der Waals surface area (Å²) in [5, 5.41) is 3.09. The number of nitrogens with two attached hydrogens (primary N) is 1. The van der Waals surface area contributed by atoms with Crippen molar-refractivity contribution in [3.63, 3.8) is 0 Å². The van der Waals surface area contributed by atoms with Gasteiger partial charge in [-0.1, -0.05) is 13.3 Å². The molecule has 1 aromatic heterocycles. The Balaban J connectivity index is 0.00000242. The minimum Gasteiger partial charge on any atom is -0.472 e. The molecule has 6 nitrogen and oxygen atoms in total. The second-order valence-electron chi connectivity index (χ2n) is 5.09. The molecule has 1 saturated heterocycles. The summed E-state index contributed by atoms with van der Waals surface area (Å²) in [6.45, 7) is 4.92. The molecule has 0 amide bonds. The summed E-state index contributed by atoms with van der Waals surface area (Å²) in [7, 11) is 0. The Morgan fingerprint density at radius 2 is 2.45 bits per heavy atom. The maximum absolute atomic E-state index is 5.81. The van der Waals surface area contributed by atoms with Crippen LogP contribution in [-0.2, 0) is 11.3 Å². The van der Waals surface area contributed by atoms with Crippen LogP contribution in [0.3, 0.4) is 0 Å². The highest BCUT2D eigenvalue weighted by Crippen LogP contribution is 2.16. The Morgan fingerprint density at radius 1 is 1.59 bits per heavy atom. The van der Waals surface area contributed by atoms with Crippen molar-refractivity contribution in [2.75, 3.05) is 19.8 Å².